The van der Waals surface area contributed by atoms with Crippen molar-refractivity contribution in [2.75, 3.05) is 20.2 Å². The maximum atomic E-state index is 11.4. The van der Waals surface area contributed by atoms with E-state index in [9.17, 15) is 9.59 Å². The number of carboxylic acids is 1. The third kappa shape index (κ3) is 2.08. The van der Waals surface area contributed by atoms with E-state index in [1.54, 1.807) is 4.90 Å². The number of fused-ring (bicyclic) bond motifs is 1. The Bertz CT molecular complexity index is 454. The first-order valence-electron chi connectivity index (χ1n) is 5.25. The summed E-state index contributed by atoms with van der Waals surface area (Å²) >= 11 is 0. The molecule has 2 N–H and O–H groups in total. The van der Waals surface area contributed by atoms with Gasteiger partial charge in [0.25, 0.3) is 0 Å². The minimum Gasteiger partial charge on any atom is -0.476 e. The van der Waals surface area contributed by atoms with Crippen molar-refractivity contribution in [1.82, 2.24) is 15.1 Å². The van der Waals surface area contributed by atoms with Crippen molar-refractivity contribution in [2.45, 2.75) is 12.8 Å². The van der Waals surface area contributed by atoms with Crippen LogP contribution in [-0.4, -0.2) is 52.5 Å². The molecule has 1 aliphatic heterocycles. The molecule has 1 aromatic rings. The normalized spacial score (nSPS) is 15.0. The lowest BCUT2D eigenvalue weighted by molar-refractivity contribution is 0.0689. The fourth-order valence-corrected chi connectivity index (χ4v) is 1.97. The molecule has 0 fully saturated rings. The highest BCUT2D eigenvalue weighted by Gasteiger charge is 2.24. The Morgan fingerprint density at radius 2 is 2.12 bits per heavy atom. The number of nitrogens with zero attached hydrogens (tertiary/aromatic N) is 2. The van der Waals surface area contributed by atoms with Crippen molar-refractivity contribution >= 4 is 12.1 Å². The van der Waals surface area contributed by atoms with Gasteiger partial charge in [-0.05, 0) is 6.42 Å². The second-order valence-corrected chi connectivity index (χ2v) is 3.79. The highest BCUT2D eigenvalue weighted by Crippen LogP contribution is 2.17. The molecule has 0 unspecified atom stereocenters. The average molecular weight is 239 g/mol. The lowest BCUT2D eigenvalue weighted by Crippen LogP contribution is -2.33. The lowest BCUT2D eigenvalue weighted by Gasteiger charge is -2.17. The molecule has 92 valence electrons. The van der Waals surface area contributed by atoms with E-state index in [1.165, 1.54) is 7.11 Å². The van der Waals surface area contributed by atoms with E-state index in [1.807, 2.05) is 0 Å². The van der Waals surface area contributed by atoms with Crippen LogP contribution in [0.2, 0.25) is 0 Å². The Balaban J connectivity index is 2.19. The molecule has 2 heterocycles. The highest BCUT2D eigenvalue weighted by molar-refractivity contribution is 5.87. The van der Waals surface area contributed by atoms with Crippen LogP contribution in [-0.2, 0) is 17.6 Å². The summed E-state index contributed by atoms with van der Waals surface area (Å²) in [6, 6.07) is 0. The second kappa shape index (κ2) is 4.44. The molecule has 1 amide bonds. The van der Waals surface area contributed by atoms with Crippen molar-refractivity contribution in [3.05, 3.63) is 17.0 Å². The Morgan fingerprint density at radius 3 is 2.76 bits per heavy atom. The van der Waals surface area contributed by atoms with E-state index in [0.717, 1.165) is 5.69 Å². The van der Waals surface area contributed by atoms with E-state index < -0.39 is 5.97 Å². The summed E-state index contributed by atoms with van der Waals surface area (Å²) in [7, 11) is 1.33. The summed E-state index contributed by atoms with van der Waals surface area (Å²) in [6.07, 6.45) is 0.646. The first-order chi connectivity index (χ1) is 8.13. The van der Waals surface area contributed by atoms with Crippen molar-refractivity contribution < 1.29 is 19.4 Å². The highest BCUT2D eigenvalue weighted by atomic mass is 16.5. The smallest absolute Gasteiger partial charge is 0.409 e. The molecule has 7 nitrogen and oxygen atoms in total. The van der Waals surface area contributed by atoms with Gasteiger partial charge in [0, 0.05) is 30.8 Å². The molecule has 0 bridgehead atoms. The maximum absolute atomic E-state index is 11.4. The van der Waals surface area contributed by atoms with Gasteiger partial charge in [0.05, 0.1) is 7.11 Å². The van der Waals surface area contributed by atoms with Crippen LogP contribution in [0.4, 0.5) is 4.79 Å². The van der Waals surface area contributed by atoms with Gasteiger partial charge in [0.15, 0.2) is 5.69 Å². The van der Waals surface area contributed by atoms with Crippen LogP contribution in [0, 0.1) is 0 Å². The molecule has 0 aliphatic carbocycles. The quantitative estimate of drug-likeness (QED) is 0.733. The molecule has 0 aromatic carbocycles. The van der Waals surface area contributed by atoms with E-state index >= 15 is 0 Å². The number of ether oxygens (including phenoxy) is 1. The second-order valence-electron chi connectivity index (χ2n) is 3.79. The van der Waals surface area contributed by atoms with Crippen LogP contribution in [0.3, 0.4) is 0 Å². The molecule has 1 aliphatic rings. The van der Waals surface area contributed by atoms with Crippen LogP contribution >= 0.6 is 0 Å². The van der Waals surface area contributed by atoms with Crippen molar-refractivity contribution in [3.63, 3.8) is 0 Å². The molecule has 0 saturated heterocycles. The van der Waals surface area contributed by atoms with Gasteiger partial charge >= 0.3 is 12.1 Å². The average Bonchev–Trinajstić information content (AvgIpc) is 2.61. The minimum absolute atomic E-state index is 0.0479. The number of nitrogens with one attached hydrogen (secondary N) is 1. The zero-order valence-electron chi connectivity index (χ0n) is 9.39. The van der Waals surface area contributed by atoms with Gasteiger partial charge in [-0.1, -0.05) is 0 Å². The standard InChI is InChI=1S/C10H13N3O4/c1-17-10(16)13-4-2-6-7(3-5-13)11-12-8(6)9(14)15/h2-5H2,1H3,(H,11,12)(H,14,15). The molecular formula is C10H13N3O4. The molecule has 7 heteroatoms. The molecule has 2 rings (SSSR count). The zero-order chi connectivity index (χ0) is 12.4. The number of carbonyl (C=O) groups is 2. The number of carboxylic acid groups (broad SMARTS) is 1. The zero-order valence-corrected chi connectivity index (χ0v) is 9.39. The van der Waals surface area contributed by atoms with Crippen LogP contribution in [0.1, 0.15) is 21.7 Å². The molecule has 1 aromatic heterocycles. The lowest BCUT2D eigenvalue weighted by atomic mass is 10.1. The van der Waals surface area contributed by atoms with E-state index in [0.29, 0.717) is 31.5 Å². The van der Waals surface area contributed by atoms with Crippen LogP contribution in [0.15, 0.2) is 0 Å². The number of methoxy groups -OCH3 is 1. The SMILES string of the molecule is COC(=O)N1CCc2[nH]nc(C(=O)O)c2CC1. The largest absolute Gasteiger partial charge is 0.476 e. The number of aromatic carboxylic acids is 1. The number of aromatic nitrogens is 2. The third-order valence-electron chi connectivity index (χ3n) is 2.85. The predicted molar refractivity (Wildman–Crippen MR) is 56.9 cm³/mol. The van der Waals surface area contributed by atoms with Crippen LogP contribution in [0.25, 0.3) is 0 Å². The Morgan fingerprint density at radius 1 is 1.41 bits per heavy atom. The summed E-state index contributed by atoms with van der Waals surface area (Å²) < 4.78 is 4.64. The number of hydrogen-bond acceptors (Lipinski definition) is 4. The monoisotopic (exact) mass is 239 g/mol. The first-order valence-corrected chi connectivity index (χ1v) is 5.25. The third-order valence-corrected chi connectivity index (χ3v) is 2.85. The Labute approximate surface area is 97.4 Å². The number of carbonyl (C=O) groups excluding carboxylic acids is 1. The number of aromatic amines is 1. The summed E-state index contributed by atoms with van der Waals surface area (Å²) in [5.74, 6) is -1.05. The fraction of sp³-hybridized carbons (Fsp3) is 0.500. The summed E-state index contributed by atoms with van der Waals surface area (Å²) in [5.41, 5.74) is 1.52. The van der Waals surface area contributed by atoms with E-state index in [4.69, 9.17) is 5.11 Å². The van der Waals surface area contributed by atoms with E-state index in [-0.39, 0.29) is 11.8 Å². The number of amides is 1. The summed E-state index contributed by atoms with van der Waals surface area (Å²) in [5, 5.41) is 15.4. The predicted octanol–water partition coefficient (Wildman–Crippen LogP) is 0.275. The summed E-state index contributed by atoms with van der Waals surface area (Å²) in [4.78, 5) is 23.9. The van der Waals surface area contributed by atoms with Crippen molar-refractivity contribution in [1.29, 1.82) is 0 Å². The number of rotatable bonds is 1. The Hall–Kier alpha value is -2.05. The van der Waals surface area contributed by atoms with Gasteiger partial charge in [-0.2, -0.15) is 5.10 Å². The Kier molecular flexibility index (Phi) is 2.99. The van der Waals surface area contributed by atoms with Crippen molar-refractivity contribution in [3.8, 4) is 0 Å². The molecule has 0 atom stereocenters. The molecular weight excluding hydrogens is 226 g/mol. The van der Waals surface area contributed by atoms with Gasteiger partial charge in [-0.15, -0.1) is 0 Å². The van der Waals surface area contributed by atoms with Gasteiger partial charge in [0.2, 0.25) is 0 Å². The number of H-pyrrole nitrogens is 1. The molecule has 0 saturated carbocycles. The molecule has 0 radical (unpaired) electrons. The van der Waals surface area contributed by atoms with Crippen LogP contribution in [0.5, 0.6) is 0 Å². The molecule has 0 spiro atoms. The van der Waals surface area contributed by atoms with Gasteiger partial charge in [-0.3, -0.25) is 5.10 Å². The van der Waals surface area contributed by atoms with Gasteiger partial charge in [-0.25, -0.2) is 9.59 Å². The maximum Gasteiger partial charge on any atom is 0.409 e. The topological polar surface area (TPSA) is 95.5 Å². The van der Waals surface area contributed by atoms with Crippen molar-refractivity contribution in [2.24, 2.45) is 0 Å². The van der Waals surface area contributed by atoms with Gasteiger partial charge < -0.3 is 14.7 Å². The fourth-order valence-electron chi connectivity index (χ4n) is 1.97. The first kappa shape index (κ1) is 11.4. The minimum atomic E-state index is -1.05. The van der Waals surface area contributed by atoms with Gasteiger partial charge in [0.1, 0.15) is 0 Å². The van der Waals surface area contributed by atoms with E-state index in [2.05, 4.69) is 14.9 Å². The number of hydrogen-bond donors (Lipinski definition) is 2. The summed E-state index contributed by atoms with van der Waals surface area (Å²) in [6.45, 7) is 0.945. The van der Waals surface area contributed by atoms with Crippen LogP contribution < -0.4 is 0 Å². The molecule has 17 heavy (non-hydrogen) atoms.